The molecule has 0 radical (unpaired) electrons. The third-order valence-corrected chi connectivity index (χ3v) is 3.14. The number of ketones is 1. The highest BCUT2D eigenvalue weighted by atomic mass is 16.4. The van der Waals surface area contributed by atoms with Crippen molar-refractivity contribution in [3.8, 4) is 0 Å². The van der Waals surface area contributed by atoms with E-state index in [2.05, 4.69) is 0 Å². The normalized spacial score (nSPS) is 20.8. The molecule has 0 aliphatic heterocycles. The molecule has 0 saturated carbocycles. The summed E-state index contributed by atoms with van der Waals surface area (Å²) in [6.45, 7) is 0.0854. The second-order valence-electron chi connectivity index (χ2n) is 4.82. The summed E-state index contributed by atoms with van der Waals surface area (Å²) in [5, 5.41) is 65.6. The molecule has 5 atom stereocenters. The number of Topliss-reactive ketones (excluding diaryl/α,β-unsaturated/α-hetero) is 1. The number of hydrogen-bond donors (Lipinski definition) is 7. The van der Waals surface area contributed by atoms with Gasteiger partial charge in [-0.3, -0.25) is 4.79 Å². The van der Waals surface area contributed by atoms with Gasteiger partial charge in [0.1, 0.15) is 18.3 Å². The highest BCUT2D eigenvalue weighted by Gasteiger charge is 2.47. The Hall–Kier alpha value is -0.610. The minimum Gasteiger partial charge on any atom is -0.394 e. The minimum atomic E-state index is -2.37. The predicted molar refractivity (Wildman–Crippen MR) is 67.7 cm³/mol. The molecule has 0 aromatic heterocycles. The topological polar surface area (TPSA) is 159 Å². The average molecular weight is 296 g/mol. The van der Waals surface area contributed by atoms with Crippen molar-refractivity contribution >= 4 is 5.78 Å². The van der Waals surface area contributed by atoms with E-state index in [9.17, 15) is 30.3 Å². The van der Waals surface area contributed by atoms with E-state index in [1.807, 2.05) is 0 Å². The summed E-state index contributed by atoms with van der Waals surface area (Å²) in [7, 11) is 0. The fourth-order valence-corrected chi connectivity index (χ4v) is 1.89. The lowest BCUT2D eigenvalue weighted by molar-refractivity contribution is -0.178. The standard InChI is InChI=1S/C12H24O8/c1-2-3-12(20,9(17)4-7(15)5-13)11(19)10(18)8(16)6-14/h7-8,10-11,13-16,18-20H,2-6H2,1H3/t7?,8-,10-,11+,12+/m1/s1. The van der Waals surface area contributed by atoms with Crippen LogP contribution in [0.15, 0.2) is 0 Å². The molecule has 0 aliphatic rings. The number of rotatable bonds is 10. The van der Waals surface area contributed by atoms with Crippen molar-refractivity contribution < 1.29 is 40.5 Å². The van der Waals surface area contributed by atoms with Gasteiger partial charge in [0.25, 0.3) is 0 Å². The zero-order chi connectivity index (χ0) is 15.9. The second kappa shape index (κ2) is 8.63. The SMILES string of the molecule is CCC[C@](O)(C(=O)CC(O)CO)[C@@H](O)[C@H](O)[C@H](O)CO. The zero-order valence-electron chi connectivity index (χ0n) is 11.4. The van der Waals surface area contributed by atoms with Gasteiger partial charge in [0.05, 0.1) is 19.3 Å². The third-order valence-electron chi connectivity index (χ3n) is 3.14. The van der Waals surface area contributed by atoms with Crippen molar-refractivity contribution in [2.24, 2.45) is 0 Å². The van der Waals surface area contributed by atoms with Crippen LogP contribution >= 0.6 is 0 Å². The maximum atomic E-state index is 11.9. The smallest absolute Gasteiger partial charge is 0.169 e. The molecule has 8 heteroatoms. The Morgan fingerprint density at radius 1 is 1.10 bits per heavy atom. The average Bonchev–Trinajstić information content (AvgIpc) is 2.44. The molecule has 0 aromatic rings. The molecular formula is C12H24O8. The minimum absolute atomic E-state index is 0.208. The first kappa shape index (κ1) is 19.4. The molecular weight excluding hydrogens is 272 g/mol. The van der Waals surface area contributed by atoms with Gasteiger partial charge in [-0.05, 0) is 6.42 Å². The Morgan fingerprint density at radius 3 is 2.05 bits per heavy atom. The van der Waals surface area contributed by atoms with E-state index in [4.69, 9.17) is 10.2 Å². The third kappa shape index (κ3) is 4.74. The fourth-order valence-electron chi connectivity index (χ4n) is 1.89. The maximum Gasteiger partial charge on any atom is 0.169 e. The Bertz CT molecular complexity index is 297. The van der Waals surface area contributed by atoms with Crippen LogP contribution in [-0.2, 0) is 4.79 Å². The predicted octanol–water partition coefficient (Wildman–Crippen LogP) is -3.09. The van der Waals surface area contributed by atoms with Crippen LogP contribution in [0, 0.1) is 0 Å². The van der Waals surface area contributed by atoms with Crippen LogP contribution in [0.1, 0.15) is 26.2 Å². The highest BCUT2D eigenvalue weighted by molar-refractivity contribution is 5.88. The summed E-state index contributed by atoms with van der Waals surface area (Å²) in [5.74, 6) is -0.961. The fraction of sp³-hybridized carbons (Fsp3) is 0.917. The molecule has 0 fully saturated rings. The lowest BCUT2D eigenvalue weighted by Gasteiger charge is -2.35. The molecule has 0 bridgehead atoms. The Morgan fingerprint density at radius 2 is 1.65 bits per heavy atom. The zero-order valence-corrected chi connectivity index (χ0v) is 11.4. The van der Waals surface area contributed by atoms with E-state index in [-0.39, 0.29) is 12.8 Å². The lowest BCUT2D eigenvalue weighted by Crippen LogP contribution is -2.58. The van der Waals surface area contributed by atoms with Gasteiger partial charge >= 0.3 is 0 Å². The van der Waals surface area contributed by atoms with Crippen LogP contribution in [0.4, 0.5) is 0 Å². The van der Waals surface area contributed by atoms with Gasteiger partial charge in [0.15, 0.2) is 11.4 Å². The van der Waals surface area contributed by atoms with Gasteiger partial charge in [-0.1, -0.05) is 13.3 Å². The van der Waals surface area contributed by atoms with Crippen molar-refractivity contribution in [2.75, 3.05) is 13.2 Å². The summed E-state index contributed by atoms with van der Waals surface area (Å²) in [5.41, 5.74) is -2.37. The monoisotopic (exact) mass is 296 g/mol. The second-order valence-corrected chi connectivity index (χ2v) is 4.82. The van der Waals surface area contributed by atoms with Crippen molar-refractivity contribution in [3.05, 3.63) is 0 Å². The highest BCUT2D eigenvalue weighted by Crippen LogP contribution is 2.25. The van der Waals surface area contributed by atoms with Crippen LogP contribution < -0.4 is 0 Å². The van der Waals surface area contributed by atoms with Crippen LogP contribution in [0.5, 0.6) is 0 Å². The molecule has 0 saturated heterocycles. The number of aliphatic hydroxyl groups is 7. The van der Waals surface area contributed by atoms with E-state index in [1.165, 1.54) is 0 Å². The first-order valence-electron chi connectivity index (χ1n) is 6.44. The largest absolute Gasteiger partial charge is 0.394 e. The Labute approximate surface area is 116 Å². The molecule has 0 aromatic carbocycles. The van der Waals surface area contributed by atoms with Gasteiger partial charge in [-0.2, -0.15) is 0 Å². The maximum absolute atomic E-state index is 11.9. The molecule has 20 heavy (non-hydrogen) atoms. The van der Waals surface area contributed by atoms with E-state index >= 15 is 0 Å². The van der Waals surface area contributed by atoms with Crippen LogP contribution in [0.2, 0.25) is 0 Å². The van der Waals surface area contributed by atoms with E-state index in [0.29, 0.717) is 0 Å². The summed E-state index contributed by atoms with van der Waals surface area (Å²) in [4.78, 5) is 11.9. The molecule has 8 nitrogen and oxygen atoms in total. The van der Waals surface area contributed by atoms with Crippen LogP contribution in [-0.4, -0.2) is 84.8 Å². The molecule has 0 rings (SSSR count). The van der Waals surface area contributed by atoms with E-state index in [0.717, 1.165) is 0 Å². The van der Waals surface area contributed by atoms with Crippen molar-refractivity contribution in [2.45, 2.75) is 56.2 Å². The van der Waals surface area contributed by atoms with Gasteiger partial charge < -0.3 is 35.7 Å². The number of aliphatic hydroxyl groups excluding tert-OH is 6. The summed E-state index contributed by atoms with van der Waals surface area (Å²) < 4.78 is 0. The Kier molecular flexibility index (Phi) is 8.36. The van der Waals surface area contributed by atoms with Gasteiger partial charge in [0, 0.05) is 6.42 Å². The number of carbonyl (C=O) groups is 1. The van der Waals surface area contributed by atoms with E-state index < -0.39 is 55.4 Å². The lowest BCUT2D eigenvalue weighted by atomic mass is 9.81. The molecule has 1 unspecified atom stereocenters. The molecule has 0 spiro atoms. The molecule has 0 aliphatic carbocycles. The number of hydrogen-bond acceptors (Lipinski definition) is 8. The summed E-state index contributed by atoms with van der Waals surface area (Å²) >= 11 is 0. The number of carbonyl (C=O) groups excluding carboxylic acids is 1. The van der Waals surface area contributed by atoms with Gasteiger partial charge in [0.2, 0.25) is 0 Å². The summed E-state index contributed by atoms with van der Waals surface area (Å²) in [6.07, 6.45) is -7.58. The van der Waals surface area contributed by atoms with Gasteiger partial charge in [-0.15, -0.1) is 0 Å². The van der Waals surface area contributed by atoms with Crippen LogP contribution in [0.25, 0.3) is 0 Å². The van der Waals surface area contributed by atoms with Crippen molar-refractivity contribution in [1.82, 2.24) is 0 Å². The molecule has 0 heterocycles. The summed E-state index contributed by atoms with van der Waals surface area (Å²) in [6, 6.07) is 0. The van der Waals surface area contributed by atoms with Crippen molar-refractivity contribution in [1.29, 1.82) is 0 Å². The van der Waals surface area contributed by atoms with Crippen molar-refractivity contribution in [3.63, 3.8) is 0 Å². The molecule has 7 N–H and O–H groups in total. The van der Waals surface area contributed by atoms with Crippen LogP contribution in [0.3, 0.4) is 0 Å². The molecule has 120 valence electrons. The quantitative estimate of drug-likeness (QED) is 0.223. The first-order valence-corrected chi connectivity index (χ1v) is 6.44. The van der Waals surface area contributed by atoms with E-state index in [1.54, 1.807) is 6.92 Å². The molecule has 0 amide bonds. The first-order chi connectivity index (χ1) is 9.24. The Balaban J connectivity index is 5.11. The van der Waals surface area contributed by atoms with Gasteiger partial charge in [-0.25, -0.2) is 0 Å².